The maximum Gasteiger partial charge on any atom is 0.224 e. The predicted molar refractivity (Wildman–Crippen MR) is 96.0 cm³/mol. The minimum absolute atomic E-state index is 0.212. The lowest BCUT2D eigenvalue weighted by molar-refractivity contribution is -0.124. The summed E-state index contributed by atoms with van der Waals surface area (Å²) in [7, 11) is 0. The monoisotopic (exact) mass is 322 g/mol. The summed E-state index contributed by atoms with van der Waals surface area (Å²) in [5.41, 5.74) is 3.56. The number of amides is 1. The second-order valence-electron chi connectivity index (χ2n) is 8.87. The molecule has 1 amide bonds. The molecule has 2 heterocycles. The number of hydrogen-bond acceptors (Lipinski definition) is 1. The van der Waals surface area contributed by atoms with Crippen molar-refractivity contribution in [3.63, 3.8) is 0 Å². The van der Waals surface area contributed by atoms with Crippen LogP contribution in [0.1, 0.15) is 50.5 Å². The molecule has 24 heavy (non-hydrogen) atoms. The van der Waals surface area contributed by atoms with Crippen molar-refractivity contribution < 1.29 is 4.79 Å². The van der Waals surface area contributed by atoms with Crippen LogP contribution < -0.4 is 5.32 Å². The number of nitrogens with one attached hydrogen (secondary N) is 1. The highest BCUT2D eigenvalue weighted by atomic mass is 16.1. The lowest BCUT2D eigenvalue weighted by Crippen LogP contribution is -2.47. The average molecular weight is 322 g/mol. The third kappa shape index (κ3) is 2.37. The van der Waals surface area contributed by atoms with Gasteiger partial charge in [-0.2, -0.15) is 0 Å². The molecule has 3 nitrogen and oxygen atoms in total. The van der Waals surface area contributed by atoms with Gasteiger partial charge in [-0.1, -0.05) is 0 Å². The number of rotatable bonds is 3. The topological polar surface area (TPSA) is 33.5 Å². The van der Waals surface area contributed by atoms with Gasteiger partial charge in [-0.05, 0) is 92.4 Å². The molecule has 4 aliphatic rings. The van der Waals surface area contributed by atoms with E-state index < -0.39 is 0 Å². The zero-order valence-corrected chi connectivity index (χ0v) is 14.4. The number of carbonyl (C=O) groups excluding carboxylic acids is 1. The van der Waals surface area contributed by atoms with E-state index >= 15 is 0 Å². The van der Waals surface area contributed by atoms with Crippen LogP contribution in [0.15, 0.2) is 30.6 Å². The van der Waals surface area contributed by atoms with Gasteiger partial charge in [0.15, 0.2) is 0 Å². The van der Waals surface area contributed by atoms with Crippen molar-refractivity contribution >= 4 is 17.1 Å². The van der Waals surface area contributed by atoms with Crippen LogP contribution in [-0.2, 0) is 4.79 Å². The van der Waals surface area contributed by atoms with E-state index in [2.05, 4.69) is 28.9 Å². The molecule has 0 spiro atoms. The molecular weight excluding hydrogens is 296 g/mol. The Labute approximate surface area is 143 Å². The summed E-state index contributed by atoms with van der Waals surface area (Å²) < 4.78 is 2.09. The van der Waals surface area contributed by atoms with Crippen LogP contribution in [0.4, 0.5) is 5.69 Å². The Morgan fingerprint density at radius 1 is 1.21 bits per heavy atom. The Morgan fingerprint density at radius 2 is 1.88 bits per heavy atom. The van der Waals surface area contributed by atoms with Crippen molar-refractivity contribution in [1.82, 2.24) is 4.40 Å². The van der Waals surface area contributed by atoms with Crippen molar-refractivity contribution in [2.45, 2.75) is 51.9 Å². The van der Waals surface area contributed by atoms with Crippen molar-refractivity contribution in [2.24, 2.45) is 23.2 Å². The minimum atomic E-state index is 0.212. The van der Waals surface area contributed by atoms with Crippen molar-refractivity contribution in [1.29, 1.82) is 0 Å². The summed E-state index contributed by atoms with van der Waals surface area (Å²) in [5, 5.41) is 3.21. The molecule has 1 N–H and O–H groups in total. The average Bonchev–Trinajstić information content (AvgIpc) is 2.86. The molecule has 2 aromatic rings. The first kappa shape index (κ1) is 14.6. The van der Waals surface area contributed by atoms with Gasteiger partial charge in [-0.3, -0.25) is 4.79 Å². The summed E-state index contributed by atoms with van der Waals surface area (Å²) in [5.74, 6) is 2.92. The Kier molecular flexibility index (Phi) is 3.10. The minimum Gasteiger partial charge on any atom is -0.324 e. The van der Waals surface area contributed by atoms with E-state index in [0.717, 1.165) is 35.4 Å². The SMILES string of the molecule is Cc1cc2c(NC(=O)CC34CC5CC(CC(C5)C3)C4)cccn2c1. The van der Waals surface area contributed by atoms with Crippen LogP contribution in [-0.4, -0.2) is 10.3 Å². The molecule has 0 radical (unpaired) electrons. The van der Waals surface area contributed by atoms with Gasteiger partial charge in [0.05, 0.1) is 11.2 Å². The molecule has 0 atom stereocenters. The van der Waals surface area contributed by atoms with Crippen LogP contribution in [0.5, 0.6) is 0 Å². The van der Waals surface area contributed by atoms with Crippen LogP contribution in [0.25, 0.3) is 5.52 Å². The molecule has 3 heteroatoms. The molecular formula is C21H26N2O. The molecule has 0 aromatic carbocycles. The van der Waals surface area contributed by atoms with Gasteiger partial charge in [0.1, 0.15) is 0 Å². The molecule has 4 aliphatic carbocycles. The summed E-state index contributed by atoms with van der Waals surface area (Å²) in [6.45, 7) is 2.09. The molecule has 2 aromatic heterocycles. The van der Waals surface area contributed by atoms with E-state index in [1.807, 2.05) is 18.3 Å². The Hall–Kier alpha value is -1.77. The highest BCUT2D eigenvalue weighted by Crippen LogP contribution is 2.61. The first-order chi connectivity index (χ1) is 11.6. The standard InChI is InChI=1S/C21H26N2O/c1-14-5-19-18(3-2-4-23(19)13-14)22-20(24)12-21-9-15-6-16(10-21)8-17(7-15)11-21/h2-5,13,15-17H,6-12H2,1H3,(H,22,24). The summed E-state index contributed by atoms with van der Waals surface area (Å²) in [4.78, 5) is 12.8. The van der Waals surface area contributed by atoms with Gasteiger partial charge < -0.3 is 9.72 Å². The maximum atomic E-state index is 12.8. The molecule has 4 bridgehead atoms. The lowest BCUT2D eigenvalue weighted by atomic mass is 9.49. The molecule has 6 rings (SSSR count). The highest BCUT2D eigenvalue weighted by Gasteiger charge is 2.51. The molecule has 126 valence electrons. The van der Waals surface area contributed by atoms with Crippen LogP contribution in [0.2, 0.25) is 0 Å². The molecule has 0 saturated heterocycles. The van der Waals surface area contributed by atoms with E-state index in [-0.39, 0.29) is 5.91 Å². The van der Waals surface area contributed by atoms with E-state index in [4.69, 9.17) is 0 Å². The van der Waals surface area contributed by atoms with Crippen molar-refractivity contribution in [3.05, 3.63) is 36.2 Å². The quantitative estimate of drug-likeness (QED) is 0.866. The van der Waals surface area contributed by atoms with Gasteiger partial charge in [-0.15, -0.1) is 0 Å². The largest absolute Gasteiger partial charge is 0.324 e. The first-order valence-corrected chi connectivity index (χ1v) is 9.46. The molecule has 4 saturated carbocycles. The highest BCUT2D eigenvalue weighted by molar-refractivity contribution is 5.95. The summed E-state index contributed by atoms with van der Waals surface area (Å²) in [6.07, 6.45) is 13.0. The predicted octanol–water partition coefficient (Wildman–Crippen LogP) is 4.79. The molecule has 4 fully saturated rings. The van der Waals surface area contributed by atoms with Crippen molar-refractivity contribution in [2.75, 3.05) is 5.32 Å². The summed E-state index contributed by atoms with van der Waals surface area (Å²) in [6, 6.07) is 6.17. The Balaban J connectivity index is 1.36. The van der Waals surface area contributed by atoms with E-state index in [9.17, 15) is 4.79 Å². The van der Waals surface area contributed by atoms with E-state index in [1.165, 1.54) is 44.1 Å². The zero-order chi connectivity index (χ0) is 16.3. The smallest absolute Gasteiger partial charge is 0.224 e. The number of nitrogens with zero attached hydrogens (tertiary/aromatic N) is 1. The fourth-order valence-corrected chi connectivity index (χ4v) is 6.42. The van der Waals surface area contributed by atoms with Gasteiger partial charge >= 0.3 is 0 Å². The number of aromatic nitrogens is 1. The third-order valence-corrected chi connectivity index (χ3v) is 6.75. The number of fused-ring (bicyclic) bond motifs is 1. The van der Waals surface area contributed by atoms with Gasteiger partial charge in [-0.25, -0.2) is 0 Å². The zero-order valence-electron chi connectivity index (χ0n) is 14.4. The number of anilines is 1. The van der Waals surface area contributed by atoms with Gasteiger partial charge in [0, 0.05) is 18.8 Å². The first-order valence-electron chi connectivity index (χ1n) is 9.46. The van der Waals surface area contributed by atoms with Crippen LogP contribution in [0, 0.1) is 30.1 Å². The van der Waals surface area contributed by atoms with Crippen LogP contribution >= 0.6 is 0 Å². The fourth-order valence-electron chi connectivity index (χ4n) is 6.42. The normalized spacial score (nSPS) is 34.0. The number of hydrogen-bond donors (Lipinski definition) is 1. The Morgan fingerprint density at radius 3 is 2.54 bits per heavy atom. The molecule has 0 aliphatic heterocycles. The van der Waals surface area contributed by atoms with E-state index in [1.54, 1.807) is 0 Å². The molecule has 0 unspecified atom stereocenters. The Bertz CT molecular complexity index is 768. The number of aryl methyl sites for hydroxylation is 1. The lowest BCUT2D eigenvalue weighted by Gasteiger charge is -2.56. The van der Waals surface area contributed by atoms with E-state index in [0.29, 0.717) is 5.41 Å². The second-order valence-corrected chi connectivity index (χ2v) is 8.87. The van der Waals surface area contributed by atoms with Gasteiger partial charge in [0.25, 0.3) is 0 Å². The number of pyridine rings is 1. The van der Waals surface area contributed by atoms with Crippen LogP contribution in [0.3, 0.4) is 0 Å². The summed E-state index contributed by atoms with van der Waals surface area (Å²) >= 11 is 0. The maximum absolute atomic E-state index is 12.8. The second kappa shape index (κ2) is 5.11. The number of carbonyl (C=O) groups is 1. The van der Waals surface area contributed by atoms with Gasteiger partial charge in [0.2, 0.25) is 5.91 Å². The fraction of sp³-hybridized carbons (Fsp3) is 0.571. The van der Waals surface area contributed by atoms with Crippen molar-refractivity contribution in [3.8, 4) is 0 Å². The third-order valence-electron chi connectivity index (χ3n) is 6.75.